The molecule has 0 heterocycles. The van der Waals surface area contributed by atoms with Crippen LogP contribution in [0.3, 0.4) is 0 Å². The van der Waals surface area contributed by atoms with Crippen molar-refractivity contribution in [2.75, 3.05) is 40.9 Å². The Labute approximate surface area is 395 Å². The average Bonchev–Trinajstić information content (AvgIpc) is 3.25. The van der Waals surface area contributed by atoms with Crippen LogP contribution in [-0.4, -0.2) is 68.5 Å². The lowest BCUT2D eigenvalue weighted by Gasteiger charge is -2.29. The van der Waals surface area contributed by atoms with E-state index in [4.69, 9.17) is 9.05 Å². The number of quaternary nitrogens is 1. The lowest BCUT2D eigenvalue weighted by molar-refractivity contribution is -0.870. The van der Waals surface area contributed by atoms with Crippen molar-refractivity contribution in [2.45, 2.75) is 219 Å². The fourth-order valence-electron chi connectivity index (χ4n) is 7.02. The molecule has 370 valence electrons. The molecule has 3 atom stereocenters. The number of amides is 1. The zero-order chi connectivity index (χ0) is 47.1. The van der Waals surface area contributed by atoms with Crippen molar-refractivity contribution in [2.24, 2.45) is 0 Å². The van der Waals surface area contributed by atoms with Crippen LogP contribution in [0.4, 0.5) is 0 Å². The Morgan fingerprint density at radius 2 is 0.969 bits per heavy atom. The molecule has 0 radical (unpaired) electrons. The number of allylic oxidation sites excluding steroid dienone is 13. The molecular weight excluding hydrogens is 816 g/mol. The van der Waals surface area contributed by atoms with Gasteiger partial charge in [-0.1, -0.05) is 208 Å². The van der Waals surface area contributed by atoms with E-state index in [2.05, 4.69) is 92.1 Å². The molecule has 2 N–H and O–H groups in total. The number of nitrogens with zero attached hydrogens (tertiary/aromatic N) is 1. The second-order valence-electron chi connectivity index (χ2n) is 18.5. The van der Waals surface area contributed by atoms with Gasteiger partial charge in [0, 0.05) is 6.42 Å². The van der Waals surface area contributed by atoms with Crippen molar-refractivity contribution in [3.63, 3.8) is 0 Å². The number of carbonyl (C=O) groups excluding carboxylic acids is 1. The molecule has 0 saturated heterocycles. The smallest absolute Gasteiger partial charge is 0.268 e. The van der Waals surface area contributed by atoms with Gasteiger partial charge in [-0.05, 0) is 77.0 Å². The lowest BCUT2D eigenvalue weighted by Crippen LogP contribution is -2.45. The molecule has 0 rings (SSSR count). The van der Waals surface area contributed by atoms with Gasteiger partial charge in [-0.3, -0.25) is 9.36 Å². The van der Waals surface area contributed by atoms with Crippen LogP contribution in [0.2, 0.25) is 0 Å². The van der Waals surface area contributed by atoms with Crippen LogP contribution in [0.1, 0.15) is 206 Å². The van der Waals surface area contributed by atoms with Crippen molar-refractivity contribution in [1.82, 2.24) is 5.32 Å². The lowest BCUT2D eigenvalue weighted by atomic mass is 10.0. The Morgan fingerprint density at radius 1 is 0.562 bits per heavy atom. The molecule has 64 heavy (non-hydrogen) atoms. The van der Waals surface area contributed by atoms with Crippen LogP contribution < -0.4 is 10.2 Å². The number of phosphoric acid groups is 1. The number of aliphatic hydroxyl groups excluding tert-OH is 1. The maximum absolute atomic E-state index is 12.9. The number of hydrogen-bond donors (Lipinski definition) is 2. The van der Waals surface area contributed by atoms with Gasteiger partial charge in [0.05, 0.1) is 39.9 Å². The summed E-state index contributed by atoms with van der Waals surface area (Å²) < 4.78 is 23.3. The number of hydrogen-bond acceptors (Lipinski definition) is 6. The standard InChI is InChI=1S/C55H99N2O6P/c1-6-8-10-12-14-16-18-20-22-24-26-27-28-29-31-33-35-37-39-41-43-45-47-49-55(59)56-53(52-63-64(60,61)62-51-50-57(3,4)5)54(58)48-46-44-42-40-38-36-34-32-30-25-23-21-19-17-15-13-11-9-7-2/h8,10,14,16,20,22,26-27,29,31,38,40,46,48,53-54,58H,6-7,9,11-13,15,17-19,21,23-25,28,30,32-37,39,41-45,47,49-52H2,1-5H3,(H-,56,59,60,61)/b10-8-,16-14-,22-20-,27-26-,31-29-,40-38+,48-46+. The second-order valence-corrected chi connectivity index (χ2v) is 19.9. The number of rotatable bonds is 46. The molecule has 1 amide bonds. The topological polar surface area (TPSA) is 108 Å². The minimum absolute atomic E-state index is 0.0130. The molecule has 0 spiro atoms. The van der Waals surface area contributed by atoms with Gasteiger partial charge in [0.25, 0.3) is 7.82 Å². The van der Waals surface area contributed by atoms with Crippen LogP contribution in [-0.2, 0) is 18.4 Å². The van der Waals surface area contributed by atoms with E-state index in [-0.39, 0.29) is 12.5 Å². The summed E-state index contributed by atoms with van der Waals surface area (Å²) in [4.78, 5) is 25.4. The molecule has 0 aliphatic rings. The van der Waals surface area contributed by atoms with Crippen LogP contribution in [0, 0.1) is 0 Å². The van der Waals surface area contributed by atoms with E-state index in [9.17, 15) is 19.4 Å². The first-order valence-corrected chi connectivity index (χ1v) is 27.4. The molecule has 0 bridgehead atoms. The van der Waals surface area contributed by atoms with Gasteiger partial charge in [0.2, 0.25) is 5.91 Å². The molecule has 0 aromatic rings. The van der Waals surface area contributed by atoms with Crippen molar-refractivity contribution in [1.29, 1.82) is 0 Å². The highest BCUT2D eigenvalue weighted by atomic mass is 31.2. The number of aliphatic hydroxyl groups is 1. The van der Waals surface area contributed by atoms with Gasteiger partial charge < -0.3 is 28.8 Å². The summed E-state index contributed by atoms with van der Waals surface area (Å²) in [6.07, 6.45) is 63.5. The SMILES string of the molecule is CC/C=C\C/C=C\C/C=C\C/C=C\C/C=C\CCCCCCCCCC(=O)NC(COP(=O)([O-])OCC[N+](C)(C)C)C(O)/C=C/CC/C=C/CCCCCCCCCCCCCCC. The maximum atomic E-state index is 12.9. The minimum Gasteiger partial charge on any atom is -0.756 e. The normalized spacial score (nSPS) is 14.8. The summed E-state index contributed by atoms with van der Waals surface area (Å²) >= 11 is 0. The predicted molar refractivity (Wildman–Crippen MR) is 274 cm³/mol. The number of likely N-dealkylation sites (N-methyl/N-ethyl adjacent to an activating group) is 1. The zero-order valence-corrected chi connectivity index (χ0v) is 42.8. The molecule has 0 fully saturated rings. The third-order valence-electron chi connectivity index (χ3n) is 11.1. The molecule has 0 saturated carbocycles. The maximum Gasteiger partial charge on any atom is 0.268 e. The Morgan fingerprint density at radius 3 is 1.45 bits per heavy atom. The number of phosphoric ester groups is 1. The van der Waals surface area contributed by atoms with E-state index in [1.165, 1.54) is 103 Å². The summed E-state index contributed by atoms with van der Waals surface area (Å²) in [5, 5.41) is 13.8. The molecule has 9 heteroatoms. The Hall–Kier alpha value is -2.32. The molecule has 0 aromatic carbocycles. The van der Waals surface area contributed by atoms with Crippen molar-refractivity contribution < 1.29 is 32.9 Å². The highest BCUT2D eigenvalue weighted by Crippen LogP contribution is 2.38. The van der Waals surface area contributed by atoms with Gasteiger partial charge in [-0.25, -0.2) is 0 Å². The van der Waals surface area contributed by atoms with Gasteiger partial charge in [0.1, 0.15) is 13.2 Å². The molecule has 8 nitrogen and oxygen atoms in total. The molecular formula is C55H99N2O6P. The van der Waals surface area contributed by atoms with Crippen LogP contribution in [0.15, 0.2) is 85.1 Å². The third-order valence-corrected chi connectivity index (χ3v) is 12.1. The quantitative estimate of drug-likeness (QED) is 0.0273. The second kappa shape index (κ2) is 45.8. The third kappa shape index (κ3) is 47.6. The summed E-state index contributed by atoms with van der Waals surface area (Å²) in [6, 6.07) is -0.915. The van der Waals surface area contributed by atoms with Gasteiger partial charge in [-0.15, -0.1) is 0 Å². The van der Waals surface area contributed by atoms with Gasteiger partial charge >= 0.3 is 0 Å². The Balaban J connectivity index is 4.39. The highest BCUT2D eigenvalue weighted by molar-refractivity contribution is 7.45. The fraction of sp³-hybridized carbons (Fsp3) is 0.727. The highest BCUT2D eigenvalue weighted by Gasteiger charge is 2.23. The van der Waals surface area contributed by atoms with E-state index in [0.29, 0.717) is 17.4 Å². The van der Waals surface area contributed by atoms with E-state index in [0.717, 1.165) is 83.5 Å². The first-order chi connectivity index (χ1) is 31.0. The number of nitrogens with one attached hydrogen (secondary N) is 1. The average molecular weight is 915 g/mol. The Kier molecular flexibility index (Phi) is 44.2. The number of unbranched alkanes of at least 4 members (excludes halogenated alkanes) is 21. The van der Waals surface area contributed by atoms with Crippen LogP contribution >= 0.6 is 7.82 Å². The molecule has 3 unspecified atom stereocenters. The summed E-state index contributed by atoms with van der Waals surface area (Å²) in [7, 11) is 1.22. The first kappa shape index (κ1) is 61.7. The van der Waals surface area contributed by atoms with E-state index >= 15 is 0 Å². The van der Waals surface area contributed by atoms with E-state index < -0.39 is 26.6 Å². The van der Waals surface area contributed by atoms with Crippen LogP contribution in [0.5, 0.6) is 0 Å². The monoisotopic (exact) mass is 915 g/mol. The summed E-state index contributed by atoms with van der Waals surface area (Å²) in [5.74, 6) is -0.221. The Bertz CT molecular complexity index is 1310. The first-order valence-electron chi connectivity index (χ1n) is 25.9. The number of carbonyl (C=O) groups is 1. The fourth-order valence-corrected chi connectivity index (χ4v) is 7.74. The van der Waals surface area contributed by atoms with E-state index in [1.807, 2.05) is 27.2 Å². The van der Waals surface area contributed by atoms with Gasteiger partial charge in [0.15, 0.2) is 0 Å². The minimum atomic E-state index is -4.61. The van der Waals surface area contributed by atoms with Crippen molar-refractivity contribution in [3.8, 4) is 0 Å². The molecule has 0 aliphatic carbocycles. The molecule has 0 aliphatic heterocycles. The van der Waals surface area contributed by atoms with Crippen molar-refractivity contribution >= 4 is 13.7 Å². The van der Waals surface area contributed by atoms with Crippen molar-refractivity contribution in [3.05, 3.63) is 85.1 Å². The van der Waals surface area contributed by atoms with Gasteiger partial charge in [-0.2, -0.15) is 0 Å². The predicted octanol–water partition coefficient (Wildman–Crippen LogP) is 14.7. The summed E-state index contributed by atoms with van der Waals surface area (Å²) in [5.41, 5.74) is 0. The van der Waals surface area contributed by atoms with Crippen LogP contribution in [0.25, 0.3) is 0 Å². The molecule has 0 aromatic heterocycles. The summed E-state index contributed by atoms with van der Waals surface area (Å²) in [6.45, 7) is 4.50. The zero-order valence-electron chi connectivity index (χ0n) is 42.0. The largest absolute Gasteiger partial charge is 0.756 e. The van der Waals surface area contributed by atoms with E-state index in [1.54, 1.807) is 6.08 Å².